The maximum atomic E-state index is 5.98. The van der Waals surface area contributed by atoms with Crippen molar-refractivity contribution in [3.8, 4) is 11.4 Å². The molecule has 0 bridgehead atoms. The second-order valence-corrected chi connectivity index (χ2v) is 3.92. The maximum Gasteiger partial charge on any atom is 0.166 e. The van der Waals surface area contributed by atoms with Gasteiger partial charge in [0.15, 0.2) is 5.82 Å². The maximum absolute atomic E-state index is 5.98. The van der Waals surface area contributed by atoms with E-state index in [0.29, 0.717) is 10.7 Å². The fourth-order valence-electron chi connectivity index (χ4n) is 1.69. The fourth-order valence-corrected chi connectivity index (χ4v) is 1.87. The molecule has 2 aromatic rings. The van der Waals surface area contributed by atoms with Crippen LogP contribution in [0.15, 0.2) is 18.2 Å². The summed E-state index contributed by atoms with van der Waals surface area (Å²) in [6.45, 7) is 4.77. The van der Waals surface area contributed by atoms with Crippen molar-refractivity contribution in [2.45, 2.75) is 20.4 Å². The number of nitrogens with zero attached hydrogens (tertiary/aromatic N) is 3. The number of anilines is 1. The van der Waals surface area contributed by atoms with Crippen molar-refractivity contribution >= 4 is 17.3 Å². The topological polar surface area (TPSA) is 56.7 Å². The molecule has 16 heavy (non-hydrogen) atoms. The van der Waals surface area contributed by atoms with Gasteiger partial charge in [0.2, 0.25) is 0 Å². The lowest BCUT2D eigenvalue weighted by Gasteiger charge is -2.08. The second kappa shape index (κ2) is 4.14. The summed E-state index contributed by atoms with van der Waals surface area (Å²) < 4.78 is 2.00. The Hall–Kier alpha value is -1.55. The molecule has 5 heteroatoms. The zero-order valence-electron chi connectivity index (χ0n) is 9.24. The summed E-state index contributed by atoms with van der Waals surface area (Å²) >= 11 is 5.98. The summed E-state index contributed by atoms with van der Waals surface area (Å²) in [6.07, 6.45) is 0. The van der Waals surface area contributed by atoms with Gasteiger partial charge in [0.1, 0.15) is 5.82 Å². The number of hydrogen-bond acceptors (Lipinski definition) is 3. The quantitative estimate of drug-likeness (QED) is 0.816. The molecule has 0 spiro atoms. The fraction of sp³-hybridized carbons (Fsp3) is 0.273. The van der Waals surface area contributed by atoms with Gasteiger partial charge in [0.25, 0.3) is 0 Å². The highest BCUT2D eigenvalue weighted by Crippen LogP contribution is 2.30. The van der Waals surface area contributed by atoms with Crippen molar-refractivity contribution < 1.29 is 0 Å². The van der Waals surface area contributed by atoms with E-state index in [-0.39, 0.29) is 0 Å². The molecule has 2 N–H and O–H groups in total. The van der Waals surface area contributed by atoms with Crippen molar-refractivity contribution in [2.75, 3.05) is 5.73 Å². The molecule has 0 saturated heterocycles. The first kappa shape index (κ1) is 11.0. The molecule has 0 radical (unpaired) electrons. The highest BCUT2D eigenvalue weighted by molar-refractivity contribution is 6.33. The molecular formula is C11H13ClN4. The average molecular weight is 237 g/mol. The number of halogens is 1. The van der Waals surface area contributed by atoms with E-state index < -0.39 is 0 Å². The minimum absolute atomic E-state index is 0.542. The lowest BCUT2D eigenvalue weighted by molar-refractivity contribution is 0.737. The second-order valence-electron chi connectivity index (χ2n) is 3.52. The van der Waals surface area contributed by atoms with Gasteiger partial charge in [-0.1, -0.05) is 17.7 Å². The molecule has 2 rings (SSSR count). The minimum Gasteiger partial charge on any atom is -0.397 e. The SMILES string of the molecule is CCn1c(C)nnc1-c1cccc(Cl)c1N. The zero-order chi connectivity index (χ0) is 11.7. The molecule has 0 aliphatic rings. The van der Waals surface area contributed by atoms with Gasteiger partial charge < -0.3 is 10.3 Å². The highest BCUT2D eigenvalue weighted by atomic mass is 35.5. The molecule has 0 fully saturated rings. The predicted octanol–water partition coefficient (Wildman–Crippen LogP) is 2.51. The first-order valence-corrected chi connectivity index (χ1v) is 5.47. The van der Waals surface area contributed by atoms with Crippen molar-refractivity contribution in [1.82, 2.24) is 14.8 Å². The normalized spacial score (nSPS) is 10.7. The molecule has 1 heterocycles. The van der Waals surface area contributed by atoms with E-state index in [4.69, 9.17) is 17.3 Å². The third-order valence-electron chi connectivity index (χ3n) is 2.55. The van der Waals surface area contributed by atoms with Crippen LogP contribution in [0.1, 0.15) is 12.7 Å². The number of aryl methyl sites for hydroxylation is 1. The van der Waals surface area contributed by atoms with Crippen LogP contribution >= 0.6 is 11.6 Å². The summed E-state index contributed by atoms with van der Waals surface area (Å²) in [5.74, 6) is 1.64. The van der Waals surface area contributed by atoms with E-state index in [1.807, 2.05) is 30.5 Å². The lowest BCUT2D eigenvalue weighted by Crippen LogP contribution is -2.02. The smallest absolute Gasteiger partial charge is 0.166 e. The molecule has 4 nitrogen and oxygen atoms in total. The van der Waals surface area contributed by atoms with Crippen LogP contribution in [-0.4, -0.2) is 14.8 Å². The Bertz CT molecular complexity index is 519. The van der Waals surface area contributed by atoms with Gasteiger partial charge in [-0.05, 0) is 26.0 Å². The average Bonchev–Trinajstić information content (AvgIpc) is 2.63. The molecule has 84 valence electrons. The van der Waals surface area contributed by atoms with Crippen LogP contribution in [0.5, 0.6) is 0 Å². The Morgan fingerprint density at radius 1 is 1.38 bits per heavy atom. The molecule has 0 aliphatic carbocycles. The van der Waals surface area contributed by atoms with Gasteiger partial charge in [-0.25, -0.2) is 0 Å². The van der Waals surface area contributed by atoms with Gasteiger partial charge in [0.05, 0.1) is 10.7 Å². The number of rotatable bonds is 2. The van der Waals surface area contributed by atoms with Crippen LogP contribution in [0.4, 0.5) is 5.69 Å². The number of nitrogens with two attached hydrogens (primary N) is 1. The van der Waals surface area contributed by atoms with Crippen molar-refractivity contribution in [3.63, 3.8) is 0 Å². The van der Waals surface area contributed by atoms with Crippen molar-refractivity contribution in [1.29, 1.82) is 0 Å². The van der Waals surface area contributed by atoms with E-state index in [2.05, 4.69) is 10.2 Å². The number of aromatic nitrogens is 3. The summed E-state index contributed by atoms with van der Waals surface area (Å²) in [5, 5.41) is 8.72. The van der Waals surface area contributed by atoms with Crippen LogP contribution in [0.25, 0.3) is 11.4 Å². The standard InChI is InChI=1S/C11H13ClN4/c1-3-16-7(2)14-15-11(16)8-5-4-6-9(12)10(8)13/h4-6H,3,13H2,1-2H3. The molecule has 0 atom stereocenters. The third kappa shape index (κ3) is 1.65. The number of hydrogen-bond donors (Lipinski definition) is 1. The van der Waals surface area contributed by atoms with Crippen LogP contribution < -0.4 is 5.73 Å². The predicted molar refractivity (Wildman–Crippen MR) is 65.3 cm³/mol. The minimum atomic E-state index is 0.542. The Morgan fingerprint density at radius 3 is 2.81 bits per heavy atom. The zero-order valence-corrected chi connectivity index (χ0v) is 9.99. The summed E-state index contributed by atoms with van der Waals surface area (Å²) in [4.78, 5) is 0. The first-order valence-electron chi connectivity index (χ1n) is 5.09. The van der Waals surface area contributed by atoms with Crippen LogP contribution in [0, 0.1) is 6.92 Å². The van der Waals surface area contributed by atoms with E-state index in [1.54, 1.807) is 6.07 Å². The molecule has 1 aromatic carbocycles. The van der Waals surface area contributed by atoms with Gasteiger partial charge in [-0.15, -0.1) is 10.2 Å². The van der Waals surface area contributed by atoms with E-state index >= 15 is 0 Å². The van der Waals surface area contributed by atoms with Crippen molar-refractivity contribution in [3.05, 3.63) is 29.0 Å². The molecule has 0 aliphatic heterocycles. The van der Waals surface area contributed by atoms with E-state index in [9.17, 15) is 0 Å². The Morgan fingerprint density at radius 2 is 2.12 bits per heavy atom. The Labute approximate surface area is 99.1 Å². The van der Waals surface area contributed by atoms with Gasteiger partial charge in [0, 0.05) is 12.1 Å². The van der Waals surface area contributed by atoms with Crippen LogP contribution in [0.2, 0.25) is 5.02 Å². The van der Waals surface area contributed by atoms with Crippen LogP contribution in [-0.2, 0) is 6.54 Å². The van der Waals surface area contributed by atoms with Crippen LogP contribution in [0.3, 0.4) is 0 Å². The Kier molecular flexibility index (Phi) is 2.83. The molecule has 0 amide bonds. The van der Waals surface area contributed by atoms with Gasteiger partial charge in [-0.3, -0.25) is 0 Å². The monoisotopic (exact) mass is 236 g/mol. The number of nitrogen functional groups attached to an aromatic ring is 1. The summed E-state index contributed by atoms with van der Waals surface area (Å²) in [7, 11) is 0. The molecule has 1 aromatic heterocycles. The summed E-state index contributed by atoms with van der Waals surface area (Å²) in [5.41, 5.74) is 7.31. The molecule has 0 unspecified atom stereocenters. The number of para-hydroxylation sites is 1. The van der Waals surface area contributed by atoms with E-state index in [1.165, 1.54) is 0 Å². The molecular weight excluding hydrogens is 224 g/mol. The van der Waals surface area contributed by atoms with Gasteiger partial charge >= 0.3 is 0 Å². The first-order chi connectivity index (χ1) is 7.65. The largest absolute Gasteiger partial charge is 0.397 e. The molecule has 0 saturated carbocycles. The number of benzene rings is 1. The van der Waals surface area contributed by atoms with Crippen molar-refractivity contribution in [2.24, 2.45) is 0 Å². The Balaban J connectivity index is 2.63. The van der Waals surface area contributed by atoms with Gasteiger partial charge in [-0.2, -0.15) is 0 Å². The van der Waals surface area contributed by atoms with E-state index in [0.717, 1.165) is 23.8 Å². The lowest BCUT2D eigenvalue weighted by atomic mass is 10.1. The third-order valence-corrected chi connectivity index (χ3v) is 2.88. The highest BCUT2D eigenvalue weighted by Gasteiger charge is 2.13. The summed E-state index contributed by atoms with van der Waals surface area (Å²) in [6, 6.07) is 5.52.